The molecule has 0 aliphatic heterocycles. The van der Waals surface area contributed by atoms with Gasteiger partial charge in [-0.2, -0.15) is 5.26 Å². The number of nitrogens with one attached hydrogen (secondary N) is 2. The maximum Gasteiger partial charge on any atom is 0.323 e. The van der Waals surface area contributed by atoms with Gasteiger partial charge in [-0.15, -0.1) is 0 Å². The van der Waals surface area contributed by atoms with Crippen LogP contribution >= 0.6 is 31.9 Å². The highest BCUT2D eigenvalue weighted by Gasteiger charge is 2.12. The summed E-state index contributed by atoms with van der Waals surface area (Å²) in [6.45, 7) is 4.22. The third kappa shape index (κ3) is 4.57. The Labute approximate surface area is 152 Å². The lowest BCUT2D eigenvalue weighted by Crippen LogP contribution is -2.20. The molecule has 0 aromatic heterocycles. The van der Waals surface area contributed by atoms with E-state index in [1.807, 2.05) is 18.2 Å². The maximum absolute atomic E-state index is 12.1. The van der Waals surface area contributed by atoms with Crippen LogP contribution in [0.2, 0.25) is 0 Å². The van der Waals surface area contributed by atoms with Crippen molar-refractivity contribution in [1.82, 2.24) is 0 Å². The number of benzene rings is 2. The van der Waals surface area contributed by atoms with E-state index < -0.39 is 0 Å². The number of carbonyl (C=O) groups is 1. The second kappa shape index (κ2) is 7.62. The summed E-state index contributed by atoms with van der Waals surface area (Å²) in [5.41, 5.74) is 3.00. The van der Waals surface area contributed by atoms with E-state index in [1.54, 1.807) is 24.3 Å². The van der Waals surface area contributed by atoms with Crippen molar-refractivity contribution in [2.75, 3.05) is 10.6 Å². The van der Waals surface area contributed by atoms with Gasteiger partial charge < -0.3 is 10.6 Å². The number of hydrogen-bond acceptors (Lipinski definition) is 2. The molecule has 23 heavy (non-hydrogen) atoms. The van der Waals surface area contributed by atoms with E-state index in [-0.39, 0.29) is 6.03 Å². The maximum atomic E-state index is 12.1. The highest BCUT2D eigenvalue weighted by atomic mass is 79.9. The van der Waals surface area contributed by atoms with Gasteiger partial charge in [0.25, 0.3) is 0 Å². The quantitative estimate of drug-likeness (QED) is 0.633. The van der Waals surface area contributed by atoms with E-state index in [4.69, 9.17) is 5.26 Å². The number of anilines is 2. The van der Waals surface area contributed by atoms with Gasteiger partial charge in [-0.05, 0) is 79.7 Å². The highest BCUT2D eigenvalue weighted by Crippen LogP contribution is 2.34. The van der Waals surface area contributed by atoms with Gasteiger partial charge in [0.2, 0.25) is 0 Å². The van der Waals surface area contributed by atoms with E-state index >= 15 is 0 Å². The lowest BCUT2D eigenvalue weighted by atomic mass is 10.0. The van der Waals surface area contributed by atoms with Crippen LogP contribution in [0.3, 0.4) is 0 Å². The van der Waals surface area contributed by atoms with Gasteiger partial charge in [0.05, 0.1) is 17.3 Å². The number of nitrogens with zero attached hydrogens (tertiary/aromatic N) is 1. The molecule has 0 radical (unpaired) electrons. The first-order valence-electron chi connectivity index (χ1n) is 6.98. The minimum atomic E-state index is -0.353. The Morgan fingerprint density at radius 2 is 1.65 bits per heavy atom. The molecule has 118 valence electrons. The minimum Gasteiger partial charge on any atom is -0.308 e. The molecular weight excluding hydrogens is 422 g/mol. The Morgan fingerprint density at radius 3 is 2.13 bits per heavy atom. The van der Waals surface area contributed by atoms with Crippen LogP contribution < -0.4 is 10.6 Å². The number of hydrogen-bond donors (Lipinski definition) is 2. The van der Waals surface area contributed by atoms with Crippen LogP contribution in [0.5, 0.6) is 0 Å². The average molecular weight is 437 g/mol. The molecular formula is C17H15Br2N3O. The lowest BCUT2D eigenvalue weighted by Gasteiger charge is -2.14. The van der Waals surface area contributed by atoms with Crippen molar-refractivity contribution in [1.29, 1.82) is 5.26 Å². The number of halogens is 2. The van der Waals surface area contributed by atoms with Crippen LogP contribution in [0.4, 0.5) is 16.2 Å². The summed E-state index contributed by atoms with van der Waals surface area (Å²) in [6.07, 6.45) is 0. The predicted octanol–water partition coefficient (Wildman–Crippen LogP) is 5.85. The van der Waals surface area contributed by atoms with E-state index in [9.17, 15) is 4.79 Å². The normalized spacial score (nSPS) is 10.3. The average Bonchev–Trinajstić information content (AvgIpc) is 2.51. The molecule has 0 aliphatic rings. The van der Waals surface area contributed by atoms with E-state index in [0.717, 1.165) is 8.95 Å². The zero-order valence-electron chi connectivity index (χ0n) is 12.7. The molecule has 0 saturated carbocycles. The second-order valence-electron chi connectivity index (χ2n) is 5.28. The van der Waals surface area contributed by atoms with Crippen LogP contribution in [0.1, 0.15) is 30.9 Å². The standard InChI is InChI=1S/C17H15Br2N3O/c1-10(2)12-7-14(18)16(15(19)8-12)22-17(23)21-13-5-3-11(9-20)4-6-13/h3-8,10H,1-2H3,(H2,21,22,23). The Bertz CT molecular complexity index is 741. The molecule has 0 aliphatic carbocycles. The summed E-state index contributed by atoms with van der Waals surface area (Å²) in [7, 11) is 0. The fraction of sp³-hybridized carbons (Fsp3) is 0.176. The summed E-state index contributed by atoms with van der Waals surface area (Å²) in [4.78, 5) is 12.1. The first-order chi connectivity index (χ1) is 10.9. The molecule has 4 nitrogen and oxygen atoms in total. The predicted molar refractivity (Wildman–Crippen MR) is 99.7 cm³/mol. The van der Waals surface area contributed by atoms with Crippen LogP contribution in [-0.2, 0) is 0 Å². The molecule has 0 heterocycles. The monoisotopic (exact) mass is 435 g/mol. The van der Waals surface area contributed by atoms with Crippen molar-refractivity contribution in [3.63, 3.8) is 0 Å². The first kappa shape index (κ1) is 17.5. The summed E-state index contributed by atoms with van der Waals surface area (Å²) in [5.74, 6) is 0.393. The zero-order valence-corrected chi connectivity index (χ0v) is 15.8. The molecule has 0 spiro atoms. The van der Waals surface area contributed by atoms with Crippen molar-refractivity contribution >= 4 is 49.3 Å². The Morgan fingerprint density at radius 1 is 1.09 bits per heavy atom. The fourth-order valence-electron chi connectivity index (χ4n) is 1.95. The molecule has 2 aromatic carbocycles. The molecule has 6 heteroatoms. The SMILES string of the molecule is CC(C)c1cc(Br)c(NC(=O)Nc2ccc(C#N)cc2)c(Br)c1. The smallest absolute Gasteiger partial charge is 0.308 e. The van der Waals surface area contributed by atoms with E-state index in [2.05, 4.69) is 56.3 Å². The summed E-state index contributed by atoms with van der Waals surface area (Å²) in [5, 5.41) is 14.3. The molecule has 0 fully saturated rings. The van der Waals surface area contributed by atoms with E-state index in [1.165, 1.54) is 5.56 Å². The number of carbonyl (C=O) groups excluding carboxylic acids is 1. The third-order valence-electron chi connectivity index (χ3n) is 3.24. The molecule has 0 atom stereocenters. The fourth-order valence-corrected chi connectivity index (χ4v) is 3.37. The van der Waals surface area contributed by atoms with Crippen LogP contribution in [0.15, 0.2) is 45.3 Å². The van der Waals surface area contributed by atoms with Gasteiger partial charge in [-0.3, -0.25) is 0 Å². The van der Waals surface area contributed by atoms with Gasteiger partial charge in [-0.1, -0.05) is 13.8 Å². The van der Waals surface area contributed by atoms with Gasteiger partial charge in [-0.25, -0.2) is 4.79 Å². The minimum absolute atomic E-state index is 0.353. The molecule has 2 N–H and O–H groups in total. The van der Waals surface area contributed by atoms with Crippen LogP contribution in [0, 0.1) is 11.3 Å². The van der Waals surface area contributed by atoms with E-state index in [0.29, 0.717) is 22.9 Å². The summed E-state index contributed by atoms with van der Waals surface area (Å²) < 4.78 is 1.62. The van der Waals surface area contributed by atoms with Crippen LogP contribution in [-0.4, -0.2) is 6.03 Å². The number of amides is 2. The largest absolute Gasteiger partial charge is 0.323 e. The number of nitriles is 1. The Kier molecular flexibility index (Phi) is 5.80. The molecule has 0 bridgehead atoms. The zero-order chi connectivity index (χ0) is 17.0. The lowest BCUT2D eigenvalue weighted by molar-refractivity contribution is 0.262. The van der Waals surface area contributed by atoms with Crippen molar-refractivity contribution in [2.45, 2.75) is 19.8 Å². The second-order valence-corrected chi connectivity index (χ2v) is 6.99. The Hall–Kier alpha value is -1.84. The van der Waals surface area contributed by atoms with Gasteiger partial charge in [0, 0.05) is 14.6 Å². The third-order valence-corrected chi connectivity index (χ3v) is 4.49. The van der Waals surface area contributed by atoms with Gasteiger partial charge in [0.1, 0.15) is 0 Å². The van der Waals surface area contributed by atoms with Crippen molar-refractivity contribution in [2.24, 2.45) is 0 Å². The summed E-state index contributed by atoms with van der Waals surface area (Å²) in [6, 6.07) is 12.3. The van der Waals surface area contributed by atoms with Gasteiger partial charge in [0.15, 0.2) is 0 Å². The molecule has 0 saturated heterocycles. The number of rotatable bonds is 3. The molecule has 2 amide bonds. The topological polar surface area (TPSA) is 64.9 Å². The molecule has 2 aromatic rings. The van der Waals surface area contributed by atoms with Gasteiger partial charge >= 0.3 is 6.03 Å². The highest BCUT2D eigenvalue weighted by molar-refractivity contribution is 9.11. The Balaban J connectivity index is 2.12. The van der Waals surface area contributed by atoms with Crippen molar-refractivity contribution < 1.29 is 4.79 Å². The molecule has 0 unspecified atom stereocenters. The van der Waals surface area contributed by atoms with Crippen LogP contribution in [0.25, 0.3) is 0 Å². The first-order valence-corrected chi connectivity index (χ1v) is 8.56. The van der Waals surface area contributed by atoms with Crippen molar-refractivity contribution in [3.05, 3.63) is 56.5 Å². The molecule has 2 rings (SSSR count). The number of urea groups is 1. The summed E-state index contributed by atoms with van der Waals surface area (Å²) >= 11 is 6.98. The van der Waals surface area contributed by atoms with Crippen molar-refractivity contribution in [3.8, 4) is 6.07 Å².